The van der Waals surface area contributed by atoms with Crippen LogP contribution in [0.1, 0.15) is 84.0 Å². The molecule has 0 bridgehead atoms. The minimum atomic E-state index is -10.7. The van der Waals surface area contributed by atoms with Crippen molar-refractivity contribution in [3.63, 3.8) is 0 Å². The van der Waals surface area contributed by atoms with Crippen LogP contribution in [0.2, 0.25) is 0 Å². The van der Waals surface area contributed by atoms with Gasteiger partial charge in [-0.25, -0.2) is 0 Å². The molecule has 26 heavy (non-hydrogen) atoms. The number of hydrogen-bond donors (Lipinski definition) is 1. The molecule has 160 valence electrons. The monoisotopic (exact) mass is 411 g/mol. The maximum atomic E-state index is 9.87. The van der Waals surface area contributed by atoms with E-state index in [9.17, 15) is 25.2 Å². The van der Waals surface area contributed by atoms with E-state index in [0.717, 1.165) is 12.8 Å². The third-order valence-corrected chi connectivity index (χ3v) is 3.97. The van der Waals surface area contributed by atoms with E-state index in [1.54, 1.807) is 0 Å². The first-order chi connectivity index (χ1) is 11.6. The Morgan fingerprint density at radius 2 is 1.04 bits per heavy atom. The zero-order valence-corrected chi connectivity index (χ0v) is 16.9. The summed E-state index contributed by atoms with van der Waals surface area (Å²) in [5.74, 6) is 0. The molecule has 0 rings (SSSR count). The average molecular weight is 411 g/mol. The van der Waals surface area contributed by atoms with Gasteiger partial charge in [0.1, 0.15) is 5.54 Å². The molecule has 0 aliphatic carbocycles. The molecule has 8 heteroatoms. The van der Waals surface area contributed by atoms with Gasteiger partial charge >= 0.3 is 33.0 Å². The Hall–Kier alpha value is -0.550. The van der Waals surface area contributed by atoms with Crippen molar-refractivity contribution in [2.24, 2.45) is 0 Å². The molecule has 0 saturated heterocycles. The summed E-state index contributed by atoms with van der Waals surface area (Å²) < 4.78 is 59.2. The Labute approximate surface area is 154 Å². The summed E-state index contributed by atoms with van der Waals surface area (Å²) in [6.45, 7) is 9.97. The molecule has 0 amide bonds. The normalized spacial score (nSPS) is 14.6. The predicted octanol–water partition coefficient (Wildman–Crippen LogP) is 8.42. The Kier molecular flexibility index (Phi) is 12.1. The third kappa shape index (κ3) is 31.2. The molecule has 0 fully saturated rings. The number of unbranched alkanes of at least 4 members (excludes halogenated alkanes) is 8. The topological polar surface area (TPSA) is 27.6 Å². The van der Waals surface area contributed by atoms with E-state index in [-0.39, 0.29) is 5.54 Å². The molecule has 0 aliphatic heterocycles. The molecule has 0 radical (unpaired) electrons. The number of hydrogen-bond acceptors (Lipinski definition) is 0. The summed E-state index contributed by atoms with van der Waals surface area (Å²) in [5, 5.41) is 0. The van der Waals surface area contributed by atoms with Crippen LogP contribution in [0.4, 0.5) is 25.2 Å². The number of rotatable bonds is 14. The van der Waals surface area contributed by atoms with Crippen molar-refractivity contribution < 1.29 is 30.9 Å². The van der Waals surface area contributed by atoms with E-state index in [1.165, 1.54) is 64.2 Å². The zero-order chi connectivity index (χ0) is 20.8. The van der Waals surface area contributed by atoms with Gasteiger partial charge in [0.05, 0.1) is 0 Å². The van der Waals surface area contributed by atoms with Crippen molar-refractivity contribution >= 4 is 7.81 Å². The molecule has 0 aromatic rings. The van der Waals surface area contributed by atoms with E-state index in [4.69, 9.17) is 0 Å². The van der Waals surface area contributed by atoms with Gasteiger partial charge in [-0.2, -0.15) is 0 Å². The van der Waals surface area contributed by atoms with Crippen LogP contribution in [-0.4, -0.2) is 5.54 Å². The van der Waals surface area contributed by atoms with E-state index in [1.807, 2.05) is 12.2 Å². The quantitative estimate of drug-likeness (QED) is 0.129. The van der Waals surface area contributed by atoms with Crippen molar-refractivity contribution in [3.8, 4) is 0 Å². The molecule has 0 unspecified atom stereocenters. The Bertz CT molecular complexity index is 369. The Morgan fingerprint density at radius 3 is 1.35 bits per heavy atom. The molecule has 0 atom stereocenters. The number of quaternary nitrogens is 1. The summed E-state index contributed by atoms with van der Waals surface area (Å²) in [5.41, 5.74) is 4.53. The summed E-state index contributed by atoms with van der Waals surface area (Å²) >= 11 is 0. The molecule has 0 saturated carbocycles. The molecule has 0 spiro atoms. The first-order valence-electron chi connectivity index (χ1n) is 9.27. The van der Waals surface area contributed by atoms with Crippen molar-refractivity contribution in [3.05, 3.63) is 25.3 Å². The van der Waals surface area contributed by atoms with E-state index in [2.05, 4.69) is 25.8 Å². The fourth-order valence-electron chi connectivity index (χ4n) is 2.71. The second kappa shape index (κ2) is 11.3. The summed E-state index contributed by atoms with van der Waals surface area (Å²) in [7, 11) is -10.7. The molecule has 0 aromatic heterocycles. The minimum absolute atomic E-state index is 0.157. The van der Waals surface area contributed by atoms with Crippen molar-refractivity contribution in [2.45, 2.75) is 89.5 Å². The molecule has 1 nitrogen and oxygen atoms in total. The summed E-state index contributed by atoms with van der Waals surface area (Å²) in [6, 6.07) is 0. The van der Waals surface area contributed by atoms with Gasteiger partial charge in [0.2, 0.25) is 0 Å². The van der Waals surface area contributed by atoms with Gasteiger partial charge in [-0.3, -0.25) is 0 Å². The van der Waals surface area contributed by atoms with Crippen molar-refractivity contribution in [1.82, 2.24) is 0 Å². The fourth-order valence-corrected chi connectivity index (χ4v) is 2.71. The van der Waals surface area contributed by atoms with Gasteiger partial charge < -0.3 is 5.73 Å². The Morgan fingerprint density at radius 1 is 0.731 bits per heavy atom. The van der Waals surface area contributed by atoms with Crippen LogP contribution < -0.4 is 5.73 Å². The van der Waals surface area contributed by atoms with Gasteiger partial charge in [0.25, 0.3) is 0 Å². The molecular weight excluding hydrogens is 375 g/mol. The predicted molar refractivity (Wildman–Crippen MR) is 101 cm³/mol. The van der Waals surface area contributed by atoms with Crippen LogP contribution in [0.15, 0.2) is 25.3 Å². The van der Waals surface area contributed by atoms with Gasteiger partial charge in [-0.15, -0.1) is 13.2 Å². The van der Waals surface area contributed by atoms with Crippen LogP contribution in [0.3, 0.4) is 0 Å². The van der Waals surface area contributed by atoms with Gasteiger partial charge in [-0.1, -0.05) is 70.4 Å². The van der Waals surface area contributed by atoms with E-state index in [0.29, 0.717) is 0 Å². The number of halogens is 6. The van der Waals surface area contributed by atoms with Crippen LogP contribution in [0.25, 0.3) is 0 Å². The van der Waals surface area contributed by atoms with Crippen LogP contribution >= 0.6 is 7.81 Å². The van der Waals surface area contributed by atoms with Gasteiger partial charge in [0.15, 0.2) is 0 Å². The van der Waals surface area contributed by atoms with Crippen molar-refractivity contribution in [1.29, 1.82) is 0 Å². The van der Waals surface area contributed by atoms with Gasteiger partial charge in [0, 0.05) is 19.3 Å². The fraction of sp³-hybridized carbons (Fsp3) is 0.778. The summed E-state index contributed by atoms with van der Waals surface area (Å²) in [6.07, 6.45) is 19.7. The maximum absolute atomic E-state index is 10.7. The second-order valence-electron chi connectivity index (χ2n) is 7.02. The first kappa shape index (κ1) is 27.7. The standard InChI is InChI=1S/C18H35N.F6P/c1-4-7-8-9-10-11-12-13-14-17-18(19,15-5-2)16-6-3;1-7(2,3,4,5)6/h5-6H,2-4,7-17,19H2,1H3;/q;-1/p+1. The van der Waals surface area contributed by atoms with Crippen LogP contribution in [0.5, 0.6) is 0 Å². The third-order valence-electron chi connectivity index (χ3n) is 3.97. The zero-order valence-electron chi connectivity index (χ0n) is 16.0. The molecule has 0 aromatic carbocycles. The van der Waals surface area contributed by atoms with E-state index >= 15 is 0 Å². The van der Waals surface area contributed by atoms with E-state index < -0.39 is 7.81 Å². The van der Waals surface area contributed by atoms with Crippen LogP contribution in [-0.2, 0) is 0 Å². The average Bonchev–Trinajstić information content (AvgIpc) is 2.43. The Balaban J connectivity index is 0. The molecule has 0 heterocycles. The molecule has 0 aliphatic rings. The summed E-state index contributed by atoms with van der Waals surface area (Å²) in [4.78, 5) is 0. The SMILES string of the molecule is C=CCC([NH3+])(CC=C)CCCCCCCCCCC.F[P-](F)(F)(F)(F)F. The molecular formula is C18H36F6NP. The van der Waals surface area contributed by atoms with Crippen LogP contribution in [0, 0.1) is 0 Å². The second-order valence-corrected chi connectivity index (χ2v) is 8.94. The van der Waals surface area contributed by atoms with Crippen molar-refractivity contribution in [2.75, 3.05) is 0 Å². The van der Waals surface area contributed by atoms with Gasteiger partial charge in [-0.05, 0) is 6.42 Å². The first-order valence-corrected chi connectivity index (χ1v) is 11.3. The molecule has 3 N–H and O–H groups in total.